The third-order valence-electron chi connectivity index (χ3n) is 4.00. The Bertz CT molecular complexity index is 674. The number of aryl methyl sites for hydroxylation is 1. The van der Waals surface area contributed by atoms with E-state index in [1.54, 1.807) is 19.2 Å². The van der Waals surface area contributed by atoms with Crippen LogP contribution in [0, 0.1) is 6.92 Å². The first-order valence-electron chi connectivity index (χ1n) is 7.55. The molecule has 0 aromatic carbocycles. The van der Waals surface area contributed by atoms with Gasteiger partial charge in [0.2, 0.25) is 0 Å². The van der Waals surface area contributed by atoms with Crippen molar-refractivity contribution in [1.29, 1.82) is 0 Å². The van der Waals surface area contributed by atoms with Gasteiger partial charge in [-0.1, -0.05) is 0 Å². The molecule has 1 atom stereocenters. The molecule has 0 radical (unpaired) electrons. The Morgan fingerprint density at radius 3 is 2.68 bits per heavy atom. The van der Waals surface area contributed by atoms with Crippen molar-refractivity contribution in [1.82, 2.24) is 24.4 Å². The van der Waals surface area contributed by atoms with Crippen LogP contribution in [0.1, 0.15) is 23.1 Å². The smallest absolute Gasteiger partial charge is 0.255 e. The number of aromatic nitrogens is 3. The summed E-state index contributed by atoms with van der Waals surface area (Å²) < 4.78 is 1.83. The first kappa shape index (κ1) is 14.9. The third kappa shape index (κ3) is 2.95. The SMILES string of the molecule is Cc1nnc2ccc(C(=O)N3CCN(C[C@@H](C)O)CC3)cn12. The average molecular weight is 303 g/mol. The summed E-state index contributed by atoms with van der Waals surface area (Å²) in [6.45, 7) is 7.27. The lowest BCUT2D eigenvalue weighted by Gasteiger charge is -2.35. The zero-order valence-corrected chi connectivity index (χ0v) is 12.9. The Morgan fingerprint density at radius 1 is 1.27 bits per heavy atom. The van der Waals surface area contributed by atoms with Crippen molar-refractivity contribution in [2.24, 2.45) is 0 Å². The Morgan fingerprint density at radius 2 is 2.00 bits per heavy atom. The number of nitrogens with zero attached hydrogens (tertiary/aromatic N) is 5. The molecule has 0 spiro atoms. The molecular weight excluding hydrogens is 282 g/mol. The molecule has 118 valence electrons. The van der Waals surface area contributed by atoms with Gasteiger partial charge >= 0.3 is 0 Å². The molecule has 7 nitrogen and oxygen atoms in total. The second kappa shape index (κ2) is 6.02. The van der Waals surface area contributed by atoms with Crippen molar-refractivity contribution in [3.8, 4) is 0 Å². The molecule has 2 aromatic rings. The van der Waals surface area contributed by atoms with Crippen LogP contribution < -0.4 is 0 Å². The van der Waals surface area contributed by atoms with E-state index in [9.17, 15) is 9.90 Å². The number of carbonyl (C=O) groups is 1. The van der Waals surface area contributed by atoms with Gasteiger partial charge in [0.25, 0.3) is 5.91 Å². The zero-order valence-electron chi connectivity index (χ0n) is 12.9. The van der Waals surface area contributed by atoms with Gasteiger partial charge in [-0.05, 0) is 26.0 Å². The first-order chi connectivity index (χ1) is 10.5. The Hall–Kier alpha value is -1.99. The van der Waals surface area contributed by atoms with E-state index < -0.39 is 0 Å². The summed E-state index contributed by atoms with van der Waals surface area (Å²) in [5.41, 5.74) is 1.40. The van der Waals surface area contributed by atoms with Gasteiger partial charge in [0.15, 0.2) is 5.65 Å². The molecule has 0 unspecified atom stereocenters. The summed E-state index contributed by atoms with van der Waals surface area (Å²) in [4.78, 5) is 16.7. The highest BCUT2D eigenvalue weighted by molar-refractivity contribution is 5.94. The molecule has 0 bridgehead atoms. The minimum atomic E-state index is -0.332. The van der Waals surface area contributed by atoms with E-state index in [-0.39, 0.29) is 12.0 Å². The molecule has 1 aliphatic rings. The molecule has 1 aliphatic heterocycles. The fourth-order valence-electron chi connectivity index (χ4n) is 2.82. The largest absolute Gasteiger partial charge is 0.392 e. The van der Waals surface area contributed by atoms with Crippen LogP contribution in [0.2, 0.25) is 0 Å². The second-order valence-electron chi connectivity index (χ2n) is 5.84. The Kier molecular flexibility index (Phi) is 4.08. The molecule has 0 aliphatic carbocycles. The lowest BCUT2D eigenvalue weighted by Crippen LogP contribution is -2.50. The maximum absolute atomic E-state index is 12.6. The molecule has 22 heavy (non-hydrogen) atoms. The number of hydrogen-bond donors (Lipinski definition) is 1. The van der Waals surface area contributed by atoms with Crippen LogP contribution in [0.25, 0.3) is 5.65 Å². The molecule has 1 N–H and O–H groups in total. The number of rotatable bonds is 3. The Balaban J connectivity index is 1.69. The van der Waals surface area contributed by atoms with Crippen LogP contribution >= 0.6 is 0 Å². The average Bonchev–Trinajstić information content (AvgIpc) is 2.88. The number of carbonyl (C=O) groups excluding carboxylic acids is 1. The van der Waals surface area contributed by atoms with Gasteiger partial charge in [0, 0.05) is 38.9 Å². The van der Waals surface area contributed by atoms with Crippen LogP contribution in [0.5, 0.6) is 0 Å². The summed E-state index contributed by atoms with van der Waals surface area (Å²) in [5.74, 6) is 0.804. The van der Waals surface area contributed by atoms with Gasteiger partial charge in [-0.15, -0.1) is 10.2 Å². The van der Waals surface area contributed by atoms with Crippen LogP contribution in [0.15, 0.2) is 18.3 Å². The van der Waals surface area contributed by atoms with Crippen LogP contribution in [-0.2, 0) is 0 Å². The zero-order chi connectivity index (χ0) is 15.7. The minimum Gasteiger partial charge on any atom is -0.392 e. The van der Waals surface area contributed by atoms with Crippen molar-refractivity contribution < 1.29 is 9.90 Å². The number of aliphatic hydroxyl groups excluding tert-OH is 1. The standard InChI is InChI=1S/C15H21N5O2/c1-11(21)9-18-5-7-19(8-6-18)15(22)13-3-4-14-17-16-12(2)20(14)10-13/h3-4,10-11,21H,5-9H2,1-2H3/t11-/m1/s1. The van der Waals surface area contributed by atoms with Crippen molar-refractivity contribution in [3.63, 3.8) is 0 Å². The summed E-state index contributed by atoms with van der Waals surface area (Å²) >= 11 is 0. The van der Waals surface area contributed by atoms with Crippen molar-refractivity contribution in [2.75, 3.05) is 32.7 Å². The molecule has 1 saturated heterocycles. The maximum atomic E-state index is 12.6. The van der Waals surface area contributed by atoms with E-state index in [0.29, 0.717) is 25.2 Å². The molecule has 0 saturated carbocycles. The number of hydrogen-bond acceptors (Lipinski definition) is 5. The normalized spacial score (nSPS) is 17.9. The molecule has 3 heterocycles. The van der Waals surface area contributed by atoms with E-state index in [4.69, 9.17) is 0 Å². The quantitative estimate of drug-likeness (QED) is 0.875. The summed E-state index contributed by atoms with van der Waals surface area (Å²) in [5, 5.41) is 17.5. The predicted molar refractivity (Wildman–Crippen MR) is 81.7 cm³/mol. The summed E-state index contributed by atoms with van der Waals surface area (Å²) in [7, 11) is 0. The van der Waals surface area contributed by atoms with E-state index in [1.165, 1.54) is 0 Å². The lowest BCUT2D eigenvalue weighted by molar-refractivity contribution is 0.0553. The van der Waals surface area contributed by atoms with E-state index in [1.807, 2.05) is 22.3 Å². The van der Waals surface area contributed by atoms with Gasteiger partial charge in [0.05, 0.1) is 11.7 Å². The highest BCUT2D eigenvalue weighted by atomic mass is 16.3. The maximum Gasteiger partial charge on any atom is 0.255 e. The number of piperazine rings is 1. The minimum absolute atomic E-state index is 0.0340. The number of β-amino-alcohol motifs (C(OH)–C–C–N with tert-alkyl or cyclic N) is 1. The summed E-state index contributed by atoms with van der Waals surface area (Å²) in [6, 6.07) is 3.62. The van der Waals surface area contributed by atoms with Gasteiger partial charge in [-0.3, -0.25) is 14.1 Å². The van der Waals surface area contributed by atoms with Crippen molar-refractivity contribution in [3.05, 3.63) is 29.7 Å². The summed E-state index contributed by atoms with van der Waals surface area (Å²) in [6.07, 6.45) is 1.47. The number of aliphatic hydroxyl groups is 1. The van der Waals surface area contributed by atoms with Gasteiger partial charge in [-0.25, -0.2) is 0 Å². The third-order valence-corrected chi connectivity index (χ3v) is 4.00. The predicted octanol–water partition coefficient (Wildman–Crippen LogP) is 0.176. The topological polar surface area (TPSA) is 74.0 Å². The van der Waals surface area contributed by atoms with Crippen LogP contribution in [0.3, 0.4) is 0 Å². The lowest BCUT2D eigenvalue weighted by atomic mass is 10.2. The van der Waals surface area contributed by atoms with E-state index in [0.717, 1.165) is 24.6 Å². The van der Waals surface area contributed by atoms with Crippen LogP contribution in [-0.4, -0.2) is 74.2 Å². The fraction of sp³-hybridized carbons (Fsp3) is 0.533. The molecule has 3 rings (SSSR count). The van der Waals surface area contributed by atoms with Gasteiger partial charge < -0.3 is 10.0 Å². The fourth-order valence-corrected chi connectivity index (χ4v) is 2.82. The number of amides is 1. The van der Waals surface area contributed by atoms with E-state index >= 15 is 0 Å². The first-order valence-corrected chi connectivity index (χ1v) is 7.55. The molecule has 7 heteroatoms. The highest BCUT2D eigenvalue weighted by Crippen LogP contribution is 2.11. The number of fused-ring (bicyclic) bond motifs is 1. The number of pyridine rings is 1. The molecule has 2 aromatic heterocycles. The van der Waals surface area contributed by atoms with Crippen molar-refractivity contribution >= 4 is 11.6 Å². The molecule has 1 amide bonds. The highest BCUT2D eigenvalue weighted by Gasteiger charge is 2.23. The molecular formula is C15H21N5O2. The Labute approximate surface area is 129 Å². The van der Waals surface area contributed by atoms with Gasteiger partial charge in [-0.2, -0.15) is 0 Å². The van der Waals surface area contributed by atoms with Crippen LogP contribution in [0.4, 0.5) is 0 Å². The second-order valence-corrected chi connectivity index (χ2v) is 5.84. The van der Waals surface area contributed by atoms with E-state index in [2.05, 4.69) is 15.1 Å². The van der Waals surface area contributed by atoms with Gasteiger partial charge in [0.1, 0.15) is 5.82 Å². The monoisotopic (exact) mass is 303 g/mol. The van der Waals surface area contributed by atoms with Crippen molar-refractivity contribution in [2.45, 2.75) is 20.0 Å². The molecule has 1 fully saturated rings.